The van der Waals surface area contributed by atoms with Crippen LogP contribution in [0, 0.1) is 16.7 Å². The molecule has 118 valence electrons. The van der Waals surface area contributed by atoms with Gasteiger partial charge in [0.05, 0.1) is 12.8 Å². The summed E-state index contributed by atoms with van der Waals surface area (Å²) < 4.78 is 28.2. The number of hydrogen-bond acceptors (Lipinski definition) is 4. The van der Waals surface area contributed by atoms with E-state index in [1.54, 1.807) is 0 Å². The molecular formula is C14H23N3O3S. The van der Waals surface area contributed by atoms with Crippen molar-refractivity contribution in [1.29, 1.82) is 0 Å². The van der Waals surface area contributed by atoms with Crippen molar-refractivity contribution in [2.75, 3.05) is 0 Å². The van der Waals surface area contributed by atoms with Crippen molar-refractivity contribution in [3.8, 4) is 0 Å². The van der Waals surface area contributed by atoms with E-state index in [9.17, 15) is 13.5 Å². The monoisotopic (exact) mass is 313 g/mol. The Kier molecular flexibility index (Phi) is 3.24. The number of aromatic amines is 1. The molecule has 0 spiro atoms. The van der Waals surface area contributed by atoms with Crippen molar-refractivity contribution in [2.24, 2.45) is 16.7 Å². The Morgan fingerprint density at radius 3 is 2.76 bits per heavy atom. The number of hydrogen-bond donors (Lipinski definition) is 3. The predicted molar refractivity (Wildman–Crippen MR) is 77.8 cm³/mol. The van der Waals surface area contributed by atoms with Gasteiger partial charge in [0.15, 0.2) is 5.03 Å². The van der Waals surface area contributed by atoms with Gasteiger partial charge in [0.1, 0.15) is 0 Å². The number of aliphatic hydroxyl groups excluding tert-OH is 1. The van der Waals surface area contributed by atoms with E-state index < -0.39 is 10.0 Å². The zero-order valence-electron chi connectivity index (χ0n) is 12.7. The Hall–Kier alpha value is -0.920. The third kappa shape index (κ3) is 2.13. The first-order valence-electron chi connectivity index (χ1n) is 7.36. The van der Waals surface area contributed by atoms with E-state index >= 15 is 0 Å². The lowest BCUT2D eigenvalue weighted by Crippen LogP contribution is -2.52. The fourth-order valence-corrected chi connectivity index (χ4v) is 6.11. The van der Waals surface area contributed by atoms with Crippen LogP contribution in [-0.4, -0.2) is 29.8 Å². The average Bonchev–Trinajstić information content (AvgIpc) is 3.05. The van der Waals surface area contributed by atoms with E-state index in [0.717, 1.165) is 12.8 Å². The summed E-state index contributed by atoms with van der Waals surface area (Å²) in [6.07, 6.45) is 4.66. The lowest BCUT2D eigenvalue weighted by Gasteiger charge is -2.42. The normalized spacial score (nSPS) is 34.5. The van der Waals surface area contributed by atoms with Gasteiger partial charge in [-0.25, -0.2) is 13.1 Å². The molecule has 2 fully saturated rings. The molecule has 3 unspecified atom stereocenters. The predicted octanol–water partition coefficient (Wildman–Crippen LogP) is 1.40. The summed E-state index contributed by atoms with van der Waals surface area (Å²) in [5.74, 6) is 0.564. The van der Waals surface area contributed by atoms with Crippen molar-refractivity contribution in [2.45, 2.75) is 57.7 Å². The molecule has 1 aromatic heterocycles. The van der Waals surface area contributed by atoms with E-state index in [4.69, 9.17) is 0 Å². The van der Waals surface area contributed by atoms with Gasteiger partial charge in [-0.2, -0.15) is 5.10 Å². The third-order valence-electron chi connectivity index (χ3n) is 5.66. The fraction of sp³-hybridized carbons (Fsp3) is 0.786. The number of fused-ring (bicyclic) bond motifs is 2. The highest BCUT2D eigenvalue weighted by Crippen LogP contribution is 2.62. The Balaban J connectivity index is 1.93. The van der Waals surface area contributed by atoms with Crippen LogP contribution >= 0.6 is 0 Å². The van der Waals surface area contributed by atoms with E-state index in [2.05, 4.69) is 35.7 Å². The van der Waals surface area contributed by atoms with Crippen LogP contribution in [0.4, 0.5) is 0 Å². The Labute approximate surface area is 125 Å². The fourth-order valence-electron chi connectivity index (χ4n) is 4.45. The highest BCUT2D eigenvalue weighted by Gasteiger charge is 2.60. The van der Waals surface area contributed by atoms with Gasteiger partial charge >= 0.3 is 0 Å². The topological polar surface area (TPSA) is 95.1 Å². The van der Waals surface area contributed by atoms with Gasteiger partial charge in [-0.15, -0.1) is 0 Å². The molecule has 0 radical (unpaired) electrons. The van der Waals surface area contributed by atoms with Crippen LogP contribution < -0.4 is 4.72 Å². The van der Waals surface area contributed by atoms with Gasteiger partial charge in [0.2, 0.25) is 0 Å². The van der Waals surface area contributed by atoms with Gasteiger partial charge in [-0.3, -0.25) is 5.10 Å². The molecule has 3 atom stereocenters. The van der Waals surface area contributed by atoms with Crippen molar-refractivity contribution in [3.05, 3.63) is 11.8 Å². The molecule has 7 heteroatoms. The second-order valence-corrected chi connectivity index (χ2v) is 9.00. The number of H-pyrrole nitrogens is 1. The molecule has 2 saturated carbocycles. The molecule has 2 bridgehead atoms. The number of aromatic nitrogens is 2. The number of sulfonamides is 1. The van der Waals surface area contributed by atoms with E-state index in [1.807, 2.05) is 0 Å². The number of nitrogens with one attached hydrogen (secondary N) is 2. The molecule has 1 aromatic rings. The molecule has 0 aromatic carbocycles. The van der Waals surface area contributed by atoms with E-state index in [1.165, 1.54) is 12.6 Å². The quantitative estimate of drug-likeness (QED) is 0.783. The Bertz CT molecular complexity index is 647. The third-order valence-corrected chi connectivity index (χ3v) is 7.10. The molecule has 1 heterocycles. The molecule has 3 N–H and O–H groups in total. The van der Waals surface area contributed by atoms with Crippen molar-refractivity contribution in [1.82, 2.24) is 14.9 Å². The second kappa shape index (κ2) is 4.54. The Morgan fingerprint density at radius 2 is 2.19 bits per heavy atom. The summed E-state index contributed by atoms with van der Waals surface area (Å²) >= 11 is 0. The van der Waals surface area contributed by atoms with Gasteiger partial charge in [0.25, 0.3) is 10.0 Å². The molecule has 0 amide bonds. The molecule has 6 nitrogen and oxygen atoms in total. The van der Waals surface area contributed by atoms with Gasteiger partial charge in [-0.05, 0) is 36.0 Å². The molecule has 0 aliphatic heterocycles. The first-order chi connectivity index (χ1) is 9.71. The van der Waals surface area contributed by atoms with Crippen LogP contribution in [0.15, 0.2) is 11.2 Å². The maximum Gasteiger partial charge on any atom is 0.258 e. The maximum atomic E-state index is 12.6. The van der Waals surface area contributed by atoms with Gasteiger partial charge < -0.3 is 5.11 Å². The SMILES string of the molecule is CC12CCC(C1)C(C)(C)C2NS(=O)(=O)c1[nH]ncc1CO. The summed E-state index contributed by atoms with van der Waals surface area (Å²) in [6, 6.07) is -0.0939. The van der Waals surface area contributed by atoms with Crippen molar-refractivity contribution < 1.29 is 13.5 Å². The summed E-state index contributed by atoms with van der Waals surface area (Å²) in [7, 11) is -3.70. The number of rotatable bonds is 4. The minimum atomic E-state index is -3.70. The van der Waals surface area contributed by atoms with Crippen molar-refractivity contribution >= 4 is 10.0 Å². The molecule has 3 rings (SSSR count). The standard InChI is InChI=1S/C14H23N3O3S/c1-13(2)10-4-5-14(3,6-10)12(13)17-21(19,20)11-9(8-18)7-15-16-11/h7,10,12,17-18H,4-6,8H2,1-3H3,(H,15,16). The Morgan fingerprint density at radius 1 is 1.48 bits per heavy atom. The average molecular weight is 313 g/mol. The van der Waals surface area contributed by atoms with Gasteiger partial charge in [-0.1, -0.05) is 20.8 Å². The summed E-state index contributed by atoms with van der Waals surface area (Å²) in [5.41, 5.74) is 0.258. The number of aliphatic hydroxyl groups is 1. The first kappa shape index (κ1) is 15.0. The maximum absolute atomic E-state index is 12.6. The largest absolute Gasteiger partial charge is 0.392 e. The second-order valence-electron chi connectivity index (χ2n) is 7.35. The first-order valence-corrected chi connectivity index (χ1v) is 8.84. The van der Waals surface area contributed by atoms with Crippen LogP contribution in [0.3, 0.4) is 0 Å². The van der Waals surface area contributed by atoms with E-state index in [0.29, 0.717) is 11.5 Å². The van der Waals surface area contributed by atoms with Crippen LogP contribution in [0.1, 0.15) is 45.6 Å². The van der Waals surface area contributed by atoms with Crippen LogP contribution in [0.2, 0.25) is 0 Å². The lowest BCUT2D eigenvalue weighted by atomic mass is 9.69. The van der Waals surface area contributed by atoms with Crippen molar-refractivity contribution in [3.63, 3.8) is 0 Å². The van der Waals surface area contributed by atoms with Crippen LogP contribution in [0.25, 0.3) is 0 Å². The molecule has 2 aliphatic rings. The smallest absolute Gasteiger partial charge is 0.258 e. The van der Waals surface area contributed by atoms with E-state index in [-0.39, 0.29) is 28.5 Å². The number of nitrogens with zero attached hydrogens (tertiary/aromatic N) is 1. The summed E-state index contributed by atoms with van der Waals surface area (Å²) in [5, 5.41) is 15.4. The molecular weight excluding hydrogens is 290 g/mol. The minimum absolute atomic E-state index is 0.0145. The van der Waals surface area contributed by atoms with Crippen LogP contribution in [-0.2, 0) is 16.6 Å². The minimum Gasteiger partial charge on any atom is -0.392 e. The molecule has 21 heavy (non-hydrogen) atoms. The highest BCUT2D eigenvalue weighted by atomic mass is 32.2. The molecule has 0 saturated heterocycles. The summed E-state index contributed by atoms with van der Waals surface area (Å²) in [6.45, 7) is 6.12. The van der Waals surface area contributed by atoms with Crippen LogP contribution in [0.5, 0.6) is 0 Å². The zero-order chi connectivity index (χ0) is 15.5. The zero-order valence-corrected chi connectivity index (χ0v) is 13.5. The lowest BCUT2D eigenvalue weighted by molar-refractivity contribution is 0.127. The van der Waals surface area contributed by atoms with Gasteiger partial charge in [0, 0.05) is 11.6 Å². The molecule has 2 aliphatic carbocycles. The summed E-state index contributed by atoms with van der Waals surface area (Å²) in [4.78, 5) is 0. The highest BCUT2D eigenvalue weighted by molar-refractivity contribution is 7.89.